The number of benzene rings is 1. The maximum Gasteiger partial charge on any atom is 0.303 e. The molecule has 9 nitrogen and oxygen atoms in total. The molecule has 1 aliphatic rings. The van der Waals surface area contributed by atoms with Gasteiger partial charge in [-0.1, -0.05) is 23.5 Å². The van der Waals surface area contributed by atoms with E-state index in [0.29, 0.717) is 32.2 Å². The number of nitrogens with zero attached hydrogens (tertiary/aromatic N) is 2. The van der Waals surface area contributed by atoms with E-state index in [1.54, 1.807) is 18.2 Å². The van der Waals surface area contributed by atoms with Gasteiger partial charge in [0.2, 0.25) is 5.91 Å². The van der Waals surface area contributed by atoms with Crippen LogP contribution in [0.2, 0.25) is 0 Å². The van der Waals surface area contributed by atoms with Crippen molar-refractivity contribution in [1.29, 1.82) is 0 Å². The topological polar surface area (TPSA) is 138 Å². The standard InChI is InChI=1S/C20H18N4O5S2/c1-11(25)8-12-2-4-13(5-3-12)22-20-24-18(29)15(31-20)9-14-10-21-19(30-14)23-16(26)6-7-17(27)28/h2-5,9-10H,6-8H2,1H3,(H,27,28)(H,21,23,26)(H,22,24,29)/b15-9-. The second-order valence-electron chi connectivity index (χ2n) is 6.54. The number of rotatable bonds is 8. The number of thiazole rings is 1. The van der Waals surface area contributed by atoms with Crippen molar-refractivity contribution in [1.82, 2.24) is 10.3 Å². The fourth-order valence-electron chi connectivity index (χ4n) is 2.52. The fourth-order valence-corrected chi connectivity index (χ4v) is 4.20. The van der Waals surface area contributed by atoms with E-state index >= 15 is 0 Å². The van der Waals surface area contributed by atoms with E-state index in [2.05, 4.69) is 20.6 Å². The molecule has 1 aliphatic heterocycles. The van der Waals surface area contributed by atoms with Crippen LogP contribution in [-0.4, -0.2) is 38.8 Å². The number of anilines is 1. The minimum absolute atomic E-state index is 0.0819. The minimum Gasteiger partial charge on any atom is -0.481 e. The van der Waals surface area contributed by atoms with Crippen LogP contribution in [0.4, 0.5) is 10.8 Å². The van der Waals surface area contributed by atoms with Crippen LogP contribution in [-0.2, 0) is 25.6 Å². The Bertz CT molecular complexity index is 1090. The van der Waals surface area contributed by atoms with E-state index in [4.69, 9.17) is 5.11 Å². The molecule has 0 unspecified atom stereocenters. The second-order valence-corrected chi connectivity index (χ2v) is 8.63. The first-order valence-corrected chi connectivity index (χ1v) is 10.8. The third-order valence-electron chi connectivity index (χ3n) is 3.88. The van der Waals surface area contributed by atoms with Crippen LogP contribution in [0.3, 0.4) is 0 Å². The highest BCUT2D eigenvalue weighted by Crippen LogP contribution is 2.30. The number of aliphatic imine (C=N–C) groups is 1. The van der Waals surface area contributed by atoms with Crippen molar-refractivity contribution in [2.45, 2.75) is 26.2 Å². The molecule has 0 saturated carbocycles. The van der Waals surface area contributed by atoms with Gasteiger partial charge in [0.25, 0.3) is 5.91 Å². The van der Waals surface area contributed by atoms with E-state index in [1.807, 2.05) is 12.1 Å². The Labute approximate surface area is 185 Å². The number of ketones is 1. The maximum atomic E-state index is 12.2. The zero-order valence-electron chi connectivity index (χ0n) is 16.4. The molecule has 3 rings (SSSR count). The number of carboxylic acids is 1. The highest BCUT2D eigenvalue weighted by Gasteiger charge is 2.24. The smallest absolute Gasteiger partial charge is 0.303 e. The Hall–Kier alpha value is -3.31. The third-order valence-corrected chi connectivity index (χ3v) is 5.65. The van der Waals surface area contributed by atoms with Crippen molar-refractivity contribution in [3.8, 4) is 0 Å². The lowest BCUT2D eigenvalue weighted by Gasteiger charge is -1.99. The van der Waals surface area contributed by atoms with Crippen LogP contribution in [0.5, 0.6) is 0 Å². The number of thioether (sulfide) groups is 1. The number of aromatic nitrogens is 1. The summed E-state index contributed by atoms with van der Waals surface area (Å²) in [5.41, 5.74) is 1.55. The summed E-state index contributed by atoms with van der Waals surface area (Å²) in [6.07, 6.45) is 3.13. The number of carbonyl (C=O) groups is 4. The minimum atomic E-state index is -1.05. The number of hydrogen-bond donors (Lipinski definition) is 3. The van der Waals surface area contributed by atoms with Gasteiger partial charge in [-0.25, -0.2) is 9.98 Å². The summed E-state index contributed by atoms with van der Waals surface area (Å²) in [5.74, 6) is -1.70. The average Bonchev–Trinajstić information content (AvgIpc) is 3.27. The Morgan fingerprint density at radius 3 is 2.65 bits per heavy atom. The summed E-state index contributed by atoms with van der Waals surface area (Å²) >= 11 is 2.35. The number of amides is 2. The van der Waals surface area contributed by atoms with E-state index < -0.39 is 11.9 Å². The van der Waals surface area contributed by atoms with E-state index in [-0.39, 0.29) is 24.5 Å². The summed E-state index contributed by atoms with van der Waals surface area (Å²) in [6, 6.07) is 7.20. The molecule has 2 amide bonds. The summed E-state index contributed by atoms with van der Waals surface area (Å²) in [4.78, 5) is 55.2. The van der Waals surface area contributed by atoms with Crippen LogP contribution < -0.4 is 10.6 Å². The van der Waals surface area contributed by atoms with Crippen LogP contribution in [0, 0.1) is 0 Å². The molecule has 3 N–H and O–H groups in total. The molecule has 0 radical (unpaired) electrons. The van der Waals surface area contributed by atoms with Crippen molar-refractivity contribution in [3.63, 3.8) is 0 Å². The van der Waals surface area contributed by atoms with Crippen molar-refractivity contribution >= 4 is 68.7 Å². The Kier molecular flexibility index (Phi) is 7.32. The van der Waals surface area contributed by atoms with Crippen LogP contribution >= 0.6 is 23.1 Å². The lowest BCUT2D eigenvalue weighted by molar-refractivity contribution is -0.138. The number of nitrogens with one attached hydrogen (secondary N) is 2. The maximum absolute atomic E-state index is 12.2. The molecule has 1 fully saturated rings. The van der Waals surface area contributed by atoms with E-state index in [9.17, 15) is 19.2 Å². The van der Waals surface area contributed by atoms with Gasteiger partial charge in [-0.3, -0.25) is 19.2 Å². The summed E-state index contributed by atoms with van der Waals surface area (Å²) in [6.45, 7) is 1.53. The number of aliphatic carboxylic acids is 1. The van der Waals surface area contributed by atoms with Crippen LogP contribution in [0.25, 0.3) is 6.08 Å². The fraction of sp³-hybridized carbons (Fsp3) is 0.200. The molecule has 1 aromatic carbocycles. The highest BCUT2D eigenvalue weighted by molar-refractivity contribution is 8.18. The molecule has 0 spiro atoms. The third kappa shape index (κ3) is 6.86. The van der Waals surface area contributed by atoms with Gasteiger partial charge >= 0.3 is 5.97 Å². The van der Waals surface area contributed by atoms with Gasteiger partial charge in [0.1, 0.15) is 5.78 Å². The Morgan fingerprint density at radius 2 is 1.97 bits per heavy atom. The lowest BCUT2D eigenvalue weighted by atomic mass is 10.1. The normalized spacial score (nSPS) is 15.8. The van der Waals surface area contributed by atoms with Crippen LogP contribution in [0.15, 0.2) is 40.4 Å². The van der Waals surface area contributed by atoms with Gasteiger partial charge in [-0.05, 0) is 42.5 Å². The van der Waals surface area contributed by atoms with Gasteiger partial charge < -0.3 is 15.7 Å². The number of carbonyl (C=O) groups excluding carboxylic acids is 3. The first-order chi connectivity index (χ1) is 14.8. The lowest BCUT2D eigenvalue weighted by Crippen LogP contribution is -2.19. The van der Waals surface area contributed by atoms with Gasteiger partial charge in [-0.2, -0.15) is 0 Å². The summed E-state index contributed by atoms with van der Waals surface area (Å²) < 4.78 is 0. The zero-order chi connectivity index (χ0) is 22.4. The van der Waals surface area contributed by atoms with Crippen molar-refractivity contribution < 1.29 is 24.3 Å². The summed E-state index contributed by atoms with van der Waals surface area (Å²) in [7, 11) is 0. The molecular weight excluding hydrogens is 440 g/mol. The molecule has 1 saturated heterocycles. The van der Waals surface area contributed by atoms with Crippen LogP contribution in [0.1, 0.15) is 30.2 Å². The number of carboxylic acid groups (broad SMARTS) is 1. The molecule has 0 bridgehead atoms. The first kappa shape index (κ1) is 22.4. The quantitative estimate of drug-likeness (QED) is 0.517. The van der Waals surface area contributed by atoms with Crippen molar-refractivity contribution in [2.24, 2.45) is 4.99 Å². The molecule has 2 aromatic rings. The van der Waals surface area contributed by atoms with Crippen molar-refractivity contribution in [3.05, 3.63) is 45.8 Å². The highest BCUT2D eigenvalue weighted by atomic mass is 32.2. The zero-order valence-corrected chi connectivity index (χ0v) is 18.0. The van der Waals surface area contributed by atoms with Gasteiger partial charge in [0.15, 0.2) is 10.3 Å². The molecule has 11 heteroatoms. The molecule has 0 atom stereocenters. The number of Topliss-reactive ketones (excluding diaryl/α,β-unsaturated/α-hetero) is 1. The second kappa shape index (κ2) is 10.1. The molecule has 1 aromatic heterocycles. The average molecular weight is 459 g/mol. The van der Waals surface area contributed by atoms with Gasteiger partial charge in [0, 0.05) is 19.0 Å². The van der Waals surface area contributed by atoms with E-state index in [0.717, 1.165) is 5.56 Å². The predicted molar refractivity (Wildman–Crippen MR) is 119 cm³/mol. The Morgan fingerprint density at radius 1 is 1.23 bits per heavy atom. The van der Waals surface area contributed by atoms with Crippen molar-refractivity contribution in [2.75, 3.05) is 5.32 Å². The van der Waals surface area contributed by atoms with Gasteiger partial charge in [-0.15, -0.1) is 0 Å². The molecule has 2 heterocycles. The molecule has 160 valence electrons. The Balaban J connectivity index is 1.63. The molecular formula is C20H18N4O5S2. The summed E-state index contributed by atoms with van der Waals surface area (Å²) in [5, 5.41) is 14.6. The number of amidine groups is 1. The SMILES string of the molecule is CC(=O)Cc1ccc(N=C2NC(=O)/C(=C/c3cnc(NC(=O)CCC(=O)O)s3)S2)cc1. The monoisotopic (exact) mass is 458 g/mol. The largest absolute Gasteiger partial charge is 0.481 e. The number of hydrogen-bond acceptors (Lipinski definition) is 8. The molecule has 0 aliphatic carbocycles. The predicted octanol–water partition coefficient (Wildman–Crippen LogP) is 2.97. The first-order valence-electron chi connectivity index (χ1n) is 9.14. The van der Waals surface area contributed by atoms with E-state index in [1.165, 1.54) is 36.2 Å². The molecule has 31 heavy (non-hydrogen) atoms. The van der Waals surface area contributed by atoms with Gasteiger partial charge in [0.05, 0.1) is 21.9 Å².